The fraction of sp³-hybridized carbons (Fsp3) is 0.0625. The largest absolute Gasteiger partial charge is 0.497 e. The zero-order valence-corrected chi connectivity index (χ0v) is 10.9. The van der Waals surface area contributed by atoms with Gasteiger partial charge >= 0.3 is 5.97 Å². The van der Waals surface area contributed by atoms with Crippen LogP contribution in [0.3, 0.4) is 0 Å². The standard InChI is InChI=1S/C16H14O4/c1-19-14-9-7-12(8-10-16(17)18)15(11-14)20-13-5-3-2-4-6-13/h2-11H,1H3,(H,17,18)/b10-8+. The van der Waals surface area contributed by atoms with Crippen LogP contribution < -0.4 is 9.47 Å². The van der Waals surface area contributed by atoms with E-state index in [0.29, 0.717) is 22.8 Å². The third-order valence-corrected chi connectivity index (χ3v) is 2.60. The number of carboxylic acids is 1. The molecule has 0 heterocycles. The molecule has 0 fully saturated rings. The molecule has 0 aromatic heterocycles. The Hall–Kier alpha value is -2.75. The molecule has 0 spiro atoms. The Morgan fingerprint density at radius 1 is 1.10 bits per heavy atom. The summed E-state index contributed by atoms with van der Waals surface area (Å²) in [5.41, 5.74) is 0.664. The number of benzene rings is 2. The lowest BCUT2D eigenvalue weighted by Gasteiger charge is -2.10. The van der Waals surface area contributed by atoms with Crippen LogP contribution in [0.15, 0.2) is 54.6 Å². The van der Waals surface area contributed by atoms with Crippen molar-refractivity contribution in [3.05, 3.63) is 60.2 Å². The normalized spacial score (nSPS) is 10.4. The molecule has 102 valence electrons. The fourth-order valence-electron chi connectivity index (χ4n) is 1.64. The minimum absolute atomic E-state index is 0.535. The van der Waals surface area contributed by atoms with Crippen LogP contribution in [0.4, 0.5) is 0 Å². The first-order valence-corrected chi connectivity index (χ1v) is 6.01. The zero-order valence-electron chi connectivity index (χ0n) is 10.9. The van der Waals surface area contributed by atoms with E-state index in [4.69, 9.17) is 14.6 Å². The highest BCUT2D eigenvalue weighted by atomic mass is 16.5. The number of aliphatic carboxylic acids is 1. The second-order valence-corrected chi connectivity index (χ2v) is 3.99. The fourth-order valence-corrected chi connectivity index (χ4v) is 1.64. The minimum Gasteiger partial charge on any atom is -0.497 e. The third kappa shape index (κ3) is 3.62. The molecule has 0 bridgehead atoms. The van der Waals surface area contributed by atoms with Gasteiger partial charge in [-0.05, 0) is 30.3 Å². The Balaban J connectivity index is 2.34. The quantitative estimate of drug-likeness (QED) is 0.844. The first-order chi connectivity index (χ1) is 9.69. The van der Waals surface area contributed by atoms with Gasteiger partial charge in [0.1, 0.15) is 17.2 Å². The van der Waals surface area contributed by atoms with E-state index in [1.807, 2.05) is 30.3 Å². The predicted octanol–water partition coefficient (Wildman–Crippen LogP) is 3.59. The van der Waals surface area contributed by atoms with E-state index in [-0.39, 0.29) is 0 Å². The number of hydrogen-bond acceptors (Lipinski definition) is 3. The smallest absolute Gasteiger partial charge is 0.328 e. The molecule has 2 aromatic rings. The van der Waals surface area contributed by atoms with Crippen LogP contribution in [-0.4, -0.2) is 18.2 Å². The Labute approximate surface area is 116 Å². The second-order valence-electron chi connectivity index (χ2n) is 3.99. The molecule has 2 rings (SSSR count). The van der Waals surface area contributed by atoms with E-state index in [1.165, 1.54) is 6.08 Å². The van der Waals surface area contributed by atoms with Crippen molar-refractivity contribution in [1.82, 2.24) is 0 Å². The highest BCUT2D eigenvalue weighted by Crippen LogP contribution is 2.30. The van der Waals surface area contributed by atoms with Crippen molar-refractivity contribution in [2.75, 3.05) is 7.11 Å². The monoisotopic (exact) mass is 270 g/mol. The molecule has 0 radical (unpaired) electrons. The maximum Gasteiger partial charge on any atom is 0.328 e. The van der Waals surface area contributed by atoms with Crippen molar-refractivity contribution in [1.29, 1.82) is 0 Å². The van der Waals surface area contributed by atoms with Crippen molar-refractivity contribution in [3.8, 4) is 17.2 Å². The van der Waals surface area contributed by atoms with E-state index in [1.54, 1.807) is 25.3 Å². The molecule has 2 aromatic carbocycles. The molecule has 0 amide bonds. The molecule has 1 N–H and O–H groups in total. The van der Waals surface area contributed by atoms with E-state index < -0.39 is 5.97 Å². The van der Waals surface area contributed by atoms with Crippen molar-refractivity contribution in [2.45, 2.75) is 0 Å². The molecule has 4 heteroatoms. The van der Waals surface area contributed by atoms with Crippen LogP contribution in [0.2, 0.25) is 0 Å². The van der Waals surface area contributed by atoms with Crippen LogP contribution >= 0.6 is 0 Å². The van der Waals surface area contributed by atoms with Crippen molar-refractivity contribution >= 4 is 12.0 Å². The molecule has 20 heavy (non-hydrogen) atoms. The van der Waals surface area contributed by atoms with Gasteiger partial charge in [-0.2, -0.15) is 0 Å². The van der Waals surface area contributed by atoms with Gasteiger partial charge in [-0.1, -0.05) is 18.2 Å². The van der Waals surface area contributed by atoms with Gasteiger partial charge in [-0.3, -0.25) is 0 Å². The van der Waals surface area contributed by atoms with Crippen LogP contribution in [0.25, 0.3) is 6.08 Å². The Kier molecular flexibility index (Phi) is 4.39. The number of rotatable bonds is 5. The molecule has 0 unspecified atom stereocenters. The molecule has 0 saturated carbocycles. The number of para-hydroxylation sites is 1. The average Bonchev–Trinajstić information content (AvgIpc) is 2.46. The molecule has 4 nitrogen and oxygen atoms in total. The van der Waals surface area contributed by atoms with Gasteiger partial charge in [-0.25, -0.2) is 4.79 Å². The number of hydrogen-bond donors (Lipinski definition) is 1. The van der Waals surface area contributed by atoms with Crippen LogP contribution in [0, 0.1) is 0 Å². The van der Waals surface area contributed by atoms with Crippen molar-refractivity contribution in [3.63, 3.8) is 0 Å². The summed E-state index contributed by atoms with van der Waals surface area (Å²) in [4.78, 5) is 10.6. The number of methoxy groups -OCH3 is 1. The first-order valence-electron chi connectivity index (χ1n) is 6.01. The van der Waals surface area contributed by atoms with Gasteiger partial charge < -0.3 is 14.6 Å². The van der Waals surface area contributed by atoms with Gasteiger partial charge in [0, 0.05) is 17.7 Å². The molecule has 0 aliphatic heterocycles. The van der Waals surface area contributed by atoms with E-state index in [9.17, 15) is 4.79 Å². The number of ether oxygens (including phenoxy) is 2. The maximum atomic E-state index is 10.6. The summed E-state index contributed by atoms with van der Waals surface area (Å²) in [6.07, 6.45) is 2.56. The summed E-state index contributed by atoms with van der Waals surface area (Å²) < 4.78 is 10.9. The SMILES string of the molecule is COc1ccc(/C=C/C(=O)O)c(Oc2ccccc2)c1. The lowest BCUT2D eigenvalue weighted by atomic mass is 10.1. The lowest BCUT2D eigenvalue weighted by Crippen LogP contribution is -1.91. The Morgan fingerprint density at radius 3 is 2.50 bits per heavy atom. The summed E-state index contributed by atoms with van der Waals surface area (Å²) in [5.74, 6) is 0.841. The van der Waals surface area contributed by atoms with Gasteiger partial charge in [-0.15, -0.1) is 0 Å². The molecular formula is C16H14O4. The van der Waals surface area contributed by atoms with Gasteiger partial charge in [0.05, 0.1) is 7.11 Å². The van der Waals surface area contributed by atoms with Crippen molar-refractivity contribution < 1.29 is 19.4 Å². The summed E-state index contributed by atoms with van der Waals surface area (Å²) >= 11 is 0. The molecular weight excluding hydrogens is 256 g/mol. The van der Waals surface area contributed by atoms with E-state index in [2.05, 4.69) is 0 Å². The van der Waals surface area contributed by atoms with E-state index >= 15 is 0 Å². The summed E-state index contributed by atoms with van der Waals surface area (Å²) in [6.45, 7) is 0. The van der Waals surface area contributed by atoms with Crippen LogP contribution in [-0.2, 0) is 4.79 Å². The molecule has 0 atom stereocenters. The molecule has 0 aliphatic rings. The zero-order chi connectivity index (χ0) is 14.4. The second kappa shape index (κ2) is 6.43. The average molecular weight is 270 g/mol. The maximum absolute atomic E-state index is 10.6. The number of carbonyl (C=O) groups is 1. The summed E-state index contributed by atoms with van der Waals surface area (Å²) in [6, 6.07) is 14.5. The molecule has 0 saturated heterocycles. The summed E-state index contributed by atoms with van der Waals surface area (Å²) in [7, 11) is 1.56. The minimum atomic E-state index is -1.01. The highest BCUT2D eigenvalue weighted by Gasteiger charge is 2.05. The van der Waals surface area contributed by atoms with Gasteiger partial charge in [0.15, 0.2) is 0 Å². The van der Waals surface area contributed by atoms with Gasteiger partial charge in [0.25, 0.3) is 0 Å². The predicted molar refractivity (Wildman–Crippen MR) is 76.2 cm³/mol. The Bertz CT molecular complexity index is 618. The summed E-state index contributed by atoms with van der Waals surface area (Å²) in [5, 5.41) is 8.70. The lowest BCUT2D eigenvalue weighted by molar-refractivity contribution is -0.131. The van der Waals surface area contributed by atoms with E-state index in [0.717, 1.165) is 6.08 Å². The third-order valence-electron chi connectivity index (χ3n) is 2.60. The van der Waals surface area contributed by atoms with Crippen molar-refractivity contribution in [2.24, 2.45) is 0 Å². The van der Waals surface area contributed by atoms with Crippen LogP contribution in [0.1, 0.15) is 5.56 Å². The highest BCUT2D eigenvalue weighted by molar-refractivity contribution is 5.86. The topological polar surface area (TPSA) is 55.8 Å². The molecule has 0 aliphatic carbocycles. The Morgan fingerprint density at radius 2 is 1.85 bits per heavy atom. The number of carboxylic acid groups (broad SMARTS) is 1. The first kappa shape index (κ1) is 13.7. The van der Waals surface area contributed by atoms with Crippen LogP contribution in [0.5, 0.6) is 17.2 Å². The van der Waals surface area contributed by atoms with Gasteiger partial charge in [0.2, 0.25) is 0 Å².